The highest BCUT2D eigenvalue weighted by molar-refractivity contribution is 5.92. The molecule has 0 bridgehead atoms. The lowest BCUT2D eigenvalue weighted by Gasteiger charge is -2.10. The van der Waals surface area contributed by atoms with E-state index in [0.717, 1.165) is 16.5 Å². The topological polar surface area (TPSA) is 90.5 Å². The summed E-state index contributed by atoms with van der Waals surface area (Å²) in [5.74, 6) is 1.10. The summed E-state index contributed by atoms with van der Waals surface area (Å²) in [5, 5.41) is 8.08. The molecule has 4 aromatic rings. The Bertz CT molecular complexity index is 1240. The fourth-order valence-corrected chi connectivity index (χ4v) is 3.41. The number of carbonyl (C=O) groups is 1. The van der Waals surface area contributed by atoms with Crippen LogP contribution in [-0.4, -0.2) is 32.2 Å². The van der Waals surface area contributed by atoms with Crippen LogP contribution in [0.5, 0.6) is 5.75 Å². The van der Waals surface area contributed by atoms with Crippen molar-refractivity contribution < 1.29 is 9.53 Å². The third-order valence-electron chi connectivity index (χ3n) is 4.80. The molecule has 3 heterocycles. The van der Waals surface area contributed by atoms with Gasteiger partial charge in [-0.15, -0.1) is 0 Å². The van der Waals surface area contributed by atoms with Gasteiger partial charge < -0.3 is 10.1 Å². The fourth-order valence-electron chi connectivity index (χ4n) is 3.41. The molecule has 0 aliphatic carbocycles. The Hall–Kier alpha value is -3.68. The van der Waals surface area contributed by atoms with E-state index in [4.69, 9.17) is 4.74 Å². The second-order valence-corrected chi connectivity index (χ2v) is 6.63. The van der Waals surface area contributed by atoms with Crippen molar-refractivity contribution >= 4 is 22.3 Å². The van der Waals surface area contributed by atoms with Gasteiger partial charge in [0.15, 0.2) is 0 Å². The third-order valence-corrected chi connectivity index (χ3v) is 4.80. The van der Waals surface area contributed by atoms with Crippen LogP contribution in [0.1, 0.15) is 18.3 Å². The minimum atomic E-state index is -0.322. The van der Waals surface area contributed by atoms with E-state index in [1.54, 1.807) is 31.6 Å². The number of hydrogen-bond acceptors (Lipinski definition) is 5. The first-order chi connectivity index (χ1) is 14.1. The van der Waals surface area contributed by atoms with E-state index in [2.05, 4.69) is 15.4 Å². The third kappa shape index (κ3) is 3.44. The van der Waals surface area contributed by atoms with Crippen molar-refractivity contribution in [1.82, 2.24) is 24.5 Å². The summed E-state index contributed by atoms with van der Waals surface area (Å²) in [6.45, 7) is 2.16. The molecule has 0 radical (unpaired) electrons. The van der Waals surface area contributed by atoms with Gasteiger partial charge in [0.05, 0.1) is 12.6 Å². The number of ether oxygens (including phenoxy) is 1. The molecule has 0 spiro atoms. The molecule has 1 aromatic carbocycles. The number of aromatic nitrogens is 4. The van der Waals surface area contributed by atoms with Gasteiger partial charge in [-0.05, 0) is 29.8 Å². The van der Waals surface area contributed by atoms with Crippen molar-refractivity contribution in [2.24, 2.45) is 0 Å². The second-order valence-electron chi connectivity index (χ2n) is 6.63. The Kier molecular flexibility index (Phi) is 4.99. The number of nitrogens with one attached hydrogen (secondary N) is 1. The van der Waals surface area contributed by atoms with Crippen LogP contribution in [0.3, 0.4) is 0 Å². The summed E-state index contributed by atoms with van der Waals surface area (Å²) >= 11 is 0. The molecule has 0 atom stereocenters. The Labute approximate surface area is 166 Å². The molecule has 0 aliphatic heterocycles. The summed E-state index contributed by atoms with van der Waals surface area (Å²) in [7, 11) is 1.60. The van der Waals surface area contributed by atoms with Crippen molar-refractivity contribution in [2.45, 2.75) is 26.4 Å². The lowest BCUT2D eigenvalue weighted by molar-refractivity contribution is -0.122. The minimum Gasteiger partial charge on any atom is -0.496 e. The molecule has 0 saturated heterocycles. The number of amides is 1. The van der Waals surface area contributed by atoms with Crippen LogP contribution in [-0.2, 0) is 24.3 Å². The zero-order valence-corrected chi connectivity index (χ0v) is 16.3. The predicted octanol–water partition coefficient (Wildman–Crippen LogP) is 1.93. The van der Waals surface area contributed by atoms with Crippen molar-refractivity contribution in [2.75, 3.05) is 7.11 Å². The Morgan fingerprint density at radius 3 is 2.79 bits per heavy atom. The lowest BCUT2D eigenvalue weighted by Crippen LogP contribution is -2.35. The summed E-state index contributed by atoms with van der Waals surface area (Å²) in [5.41, 5.74) is 1.89. The number of aryl methyl sites for hydroxylation is 1. The molecule has 8 heteroatoms. The monoisotopic (exact) mass is 391 g/mol. The summed E-state index contributed by atoms with van der Waals surface area (Å²) in [6, 6.07) is 11.1. The molecule has 0 unspecified atom stereocenters. The van der Waals surface area contributed by atoms with Gasteiger partial charge in [-0.1, -0.05) is 19.1 Å². The molecule has 29 heavy (non-hydrogen) atoms. The van der Waals surface area contributed by atoms with Crippen molar-refractivity contribution in [1.29, 1.82) is 0 Å². The molecule has 0 saturated carbocycles. The van der Waals surface area contributed by atoms with E-state index in [-0.39, 0.29) is 18.0 Å². The molecule has 4 rings (SSSR count). The Morgan fingerprint density at radius 1 is 1.21 bits per heavy atom. The molecule has 8 nitrogen and oxygen atoms in total. The fraction of sp³-hybridized carbons (Fsp3) is 0.238. The van der Waals surface area contributed by atoms with Crippen molar-refractivity contribution in [3.8, 4) is 5.75 Å². The van der Waals surface area contributed by atoms with E-state index in [9.17, 15) is 9.59 Å². The average molecular weight is 391 g/mol. The standard InChI is InChI=1S/C21H21N5O3/c1-3-19-24-25(13-20(27)23-12-14-6-5-9-22-11-14)21(28)17-10-15-16(26(17)19)7-4-8-18(15)29-2/h4-11H,3,12-13H2,1-2H3,(H,23,27). The second kappa shape index (κ2) is 7.75. The Balaban J connectivity index is 1.70. The first-order valence-electron chi connectivity index (χ1n) is 9.36. The zero-order valence-electron chi connectivity index (χ0n) is 16.3. The minimum absolute atomic E-state index is 0.152. The maximum absolute atomic E-state index is 13.0. The van der Waals surface area contributed by atoms with Crippen LogP contribution in [0.4, 0.5) is 0 Å². The van der Waals surface area contributed by atoms with E-state index in [0.29, 0.717) is 30.1 Å². The van der Waals surface area contributed by atoms with Crippen molar-refractivity contribution in [3.63, 3.8) is 0 Å². The number of carbonyl (C=O) groups excluding carboxylic acids is 1. The van der Waals surface area contributed by atoms with Gasteiger partial charge >= 0.3 is 0 Å². The molecule has 1 amide bonds. The summed E-state index contributed by atoms with van der Waals surface area (Å²) in [6.07, 6.45) is 3.97. The number of hydrogen-bond donors (Lipinski definition) is 1. The summed E-state index contributed by atoms with van der Waals surface area (Å²) in [4.78, 5) is 29.4. The first kappa shape index (κ1) is 18.7. The largest absolute Gasteiger partial charge is 0.496 e. The zero-order chi connectivity index (χ0) is 20.4. The molecule has 3 aromatic heterocycles. The van der Waals surface area contributed by atoms with Gasteiger partial charge in [-0.2, -0.15) is 5.10 Å². The van der Waals surface area contributed by atoms with Gasteiger partial charge in [0, 0.05) is 30.7 Å². The van der Waals surface area contributed by atoms with Gasteiger partial charge in [-0.3, -0.25) is 19.0 Å². The SMILES string of the molecule is CCc1nn(CC(=O)NCc2cccnc2)c(=O)c2cc3c(OC)cccc3n12. The molecule has 148 valence electrons. The van der Waals surface area contributed by atoms with Crippen molar-refractivity contribution in [3.05, 3.63) is 70.5 Å². The highest BCUT2D eigenvalue weighted by Crippen LogP contribution is 2.28. The predicted molar refractivity (Wildman–Crippen MR) is 109 cm³/mol. The average Bonchev–Trinajstić information content (AvgIpc) is 3.15. The van der Waals surface area contributed by atoms with Gasteiger partial charge in [0.25, 0.3) is 5.56 Å². The van der Waals surface area contributed by atoms with Crippen LogP contribution in [0.15, 0.2) is 53.6 Å². The first-order valence-corrected chi connectivity index (χ1v) is 9.36. The summed E-state index contributed by atoms with van der Waals surface area (Å²) < 4.78 is 8.49. The number of rotatable bonds is 6. The quantitative estimate of drug-likeness (QED) is 0.542. The number of benzene rings is 1. The van der Waals surface area contributed by atoms with E-state index < -0.39 is 0 Å². The lowest BCUT2D eigenvalue weighted by atomic mass is 10.2. The van der Waals surface area contributed by atoms with E-state index in [1.165, 1.54) is 4.68 Å². The van der Waals surface area contributed by atoms with E-state index >= 15 is 0 Å². The van der Waals surface area contributed by atoms with Crippen LogP contribution >= 0.6 is 0 Å². The molecule has 0 aliphatic rings. The van der Waals surface area contributed by atoms with Crippen LogP contribution in [0.25, 0.3) is 16.4 Å². The normalized spacial score (nSPS) is 11.1. The van der Waals surface area contributed by atoms with Crippen LogP contribution in [0.2, 0.25) is 0 Å². The number of fused-ring (bicyclic) bond motifs is 3. The molecule has 0 fully saturated rings. The Morgan fingerprint density at radius 2 is 2.07 bits per heavy atom. The molecular formula is C21H21N5O3. The highest BCUT2D eigenvalue weighted by Gasteiger charge is 2.17. The number of methoxy groups -OCH3 is 1. The van der Waals surface area contributed by atoms with Crippen LogP contribution < -0.4 is 15.6 Å². The van der Waals surface area contributed by atoms with E-state index in [1.807, 2.05) is 35.6 Å². The number of nitrogens with zero attached hydrogens (tertiary/aromatic N) is 4. The maximum atomic E-state index is 13.0. The van der Waals surface area contributed by atoms with Crippen LogP contribution in [0, 0.1) is 0 Å². The van der Waals surface area contributed by atoms with Gasteiger partial charge in [-0.25, -0.2) is 4.68 Å². The molecule has 1 N–H and O–H groups in total. The van der Waals surface area contributed by atoms with Gasteiger partial charge in [0.1, 0.15) is 23.6 Å². The smallest absolute Gasteiger partial charge is 0.291 e. The highest BCUT2D eigenvalue weighted by atomic mass is 16.5. The number of pyridine rings is 1. The van der Waals surface area contributed by atoms with Gasteiger partial charge in [0.2, 0.25) is 5.91 Å². The molecular weight excluding hydrogens is 370 g/mol. The maximum Gasteiger partial charge on any atom is 0.291 e.